The number of nitrogens with two attached hydrogens (primary N) is 1. The van der Waals surface area contributed by atoms with Crippen molar-refractivity contribution in [3.05, 3.63) is 0 Å². The van der Waals surface area contributed by atoms with Crippen molar-refractivity contribution < 1.29 is 19.4 Å². The largest absolute Gasteiger partial charge is 0.481 e. The van der Waals surface area contributed by atoms with Crippen molar-refractivity contribution in [3.8, 4) is 0 Å². The van der Waals surface area contributed by atoms with E-state index in [1.165, 1.54) is 0 Å². The fraction of sp³-hybridized carbons (Fsp3) is 0.867. The number of nitrogens with zero attached hydrogens (tertiary/aromatic N) is 1. The topological polar surface area (TPSA) is 92.9 Å². The fourth-order valence-corrected chi connectivity index (χ4v) is 3.42. The number of hydrogen-bond acceptors (Lipinski definition) is 4. The molecule has 0 spiro atoms. The minimum Gasteiger partial charge on any atom is -0.481 e. The van der Waals surface area contributed by atoms with Gasteiger partial charge in [0.15, 0.2) is 0 Å². The van der Waals surface area contributed by atoms with Crippen LogP contribution in [0.2, 0.25) is 0 Å². The number of aliphatic carboxylic acids is 1. The van der Waals surface area contributed by atoms with Crippen molar-refractivity contribution in [2.45, 2.75) is 38.5 Å². The highest BCUT2D eigenvalue weighted by atomic mass is 16.5. The van der Waals surface area contributed by atoms with Gasteiger partial charge in [0, 0.05) is 39.3 Å². The molecule has 0 saturated carbocycles. The lowest BCUT2D eigenvalue weighted by atomic mass is 9.78. The first kappa shape index (κ1) is 16.2. The Kier molecular flexibility index (Phi) is 5.58. The maximum atomic E-state index is 12.9. The van der Waals surface area contributed by atoms with Gasteiger partial charge in [0.1, 0.15) is 0 Å². The number of carboxylic acids is 1. The molecule has 1 unspecified atom stereocenters. The summed E-state index contributed by atoms with van der Waals surface area (Å²) in [6.07, 6.45) is 4.18. The highest BCUT2D eigenvalue weighted by Crippen LogP contribution is 2.33. The Balaban J connectivity index is 1.95. The van der Waals surface area contributed by atoms with E-state index in [0.717, 1.165) is 19.4 Å². The smallest absolute Gasteiger partial charge is 0.303 e. The molecule has 120 valence electrons. The van der Waals surface area contributed by atoms with Crippen molar-refractivity contribution in [3.63, 3.8) is 0 Å². The minimum absolute atomic E-state index is 0.147. The molecule has 2 aliphatic rings. The molecule has 0 radical (unpaired) electrons. The van der Waals surface area contributed by atoms with E-state index in [4.69, 9.17) is 15.6 Å². The van der Waals surface area contributed by atoms with E-state index in [1.807, 2.05) is 4.90 Å². The summed E-state index contributed by atoms with van der Waals surface area (Å²) in [6.45, 7) is 3.00. The van der Waals surface area contributed by atoms with Gasteiger partial charge in [0.2, 0.25) is 5.91 Å². The highest BCUT2D eigenvalue weighted by molar-refractivity contribution is 5.83. The van der Waals surface area contributed by atoms with E-state index in [2.05, 4.69) is 0 Å². The summed E-state index contributed by atoms with van der Waals surface area (Å²) >= 11 is 0. The molecule has 3 N–H and O–H groups in total. The van der Waals surface area contributed by atoms with Gasteiger partial charge in [-0.25, -0.2) is 0 Å². The van der Waals surface area contributed by atoms with Gasteiger partial charge in [-0.3, -0.25) is 9.59 Å². The lowest BCUT2D eigenvalue weighted by Gasteiger charge is -2.42. The number of rotatable bonds is 5. The van der Waals surface area contributed by atoms with Gasteiger partial charge in [0.05, 0.1) is 5.41 Å². The number of carboxylic acid groups (broad SMARTS) is 1. The number of carbonyl (C=O) groups is 2. The van der Waals surface area contributed by atoms with E-state index in [0.29, 0.717) is 51.5 Å². The predicted molar refractivity (Wildman–Crippen MR) is 77.7 cm³/mol. The summed E-state index contributed by atoms with van der Waals surface area (Å²) in [5.41, 5.74) is 5.43. The van der Waals surface area contributed by atoms with Crippen LogP contribution in [0.15, 0.2) is 0 Å². The summed E-state index contributed by atoms with van der Waals surface area (Å²) in [5.74, 6) is -0.317. The number of amides is 1. The standard InChI is InChI=1S/C15H26N2O4/c16-11-15(5-8-21-9-6-15)14(20)17-7-1-2-12(10-17)3-4-13(18)19/h12H,1-11,16H2,(H,18,19). The van der Waals surface area contributed by atoms with E-state index in [-0.39, 0.29) is 12.3 Å². The van der Waals surface area contributed by atoms with Crippen LogP contribution in [0.3, 0.4) is 0 Å². The molecule has 6 heteroatoms. The van der Waals surface area contributed by atoms with Crippen molar-refractivity contribution in [1.82, 2.24) is 4.90 Å². The lowest BCUT2D eigenvalue weighted by molar-refractivity contribution is -0.149. The number of hydrogen-bond donors (Lipinski definition) is 2. The molecule has 0 aromatic carbocycles. The molecule has 0 aliphatic carbocycles. The molecule has 0 bridgehead atoms. The Labute approximate surface area is 125 Å². The average molecular weight is 298 g/mol. The molecule has 6 nitrogen and oxygen atoms in total. The molecule has 1 amide bonds. The van der Waals surface area contributed by atoms with Crippen LogP contribution in [0.5, 0.6) is 0 Å². The first-order chi connectivity index (χ1) is 10.1. The van der Waals surface area contributed by atoms with Crippen molar-refractivity contribution in [2.24, 2.45) is 17.1 Å². The quantitative estimate of drug-likeness (QED) is 0.785. The minimum atomic E-state index is -0.763. The Bertz CT molecular complexity index is 380. The van der Waals surface area contributed by atoms with Crippen LogP contribution >= 0.6 is 0 Å². The van der Waals surface area contributed by atoms with Crippen molar-refractivity contribution in [1.29, 1.82) is 0 Å². The molecule has 2 saturated heterocycles. The monoisotopic (exact) mass is 298 g/mol. The third-order valence-corrected chi connectivity index (χ3v) is 4.87. The second-order valence-electron chi connectivity index (χ2n) is 6.29. The van der Waals surface area contributed by atoms with Crippen LogP contribution < -0.4 is 5.73 Å². The molecule has 0 aromatic rings. The van der Waals surface area contributed by atoms with Gasteiger partial charge in [0.25, 0.3) is 0 Å². The molecular formula is C15H26N2O4. The molecule has 2 rings (SSSR count). The summed E-state index contributed by atoms with van der Waals surface area (Å²) in [5, 5.41) is 8.79. The van der Waals surface area contributed by atoms with Gasteiger partial charge in [-0.2, -0.15) is 0 Å². The van der Waals surface area contributed by atoms with Gasteiger partial charge < -0.3 is 20.5 Å². The first-order valence-electron chi connectivity index (χ1n) is 7.86. The van der Waals surface area contributed by atoms with E-state index in [1.54, 1.807) is 0 Å². The zero-order valence-corrected chi connectivity index (χ0v) is 12.6. The van der Waals surface area contributed by atoms with Crippen LogP contribution in [-0.4, -0.2) is 54.7 Å². The summed E-state index contributed by atoms with van der Waals surface area (Å²) in [4.78, 5) is 25.5. The van der Waals surface area contributed by atoms with Gasteiger partial charge in [-0.1, -0.05) is 0 Å². The van der Waals surface area contributed by atoms with Crippen molar-refractivity contribution >= 4 is 11.9 Å². The van der Waals surface area contributed by atoms with Crippen LogP contribution in [0.1, 0.15) is 38.5 Å². The van der Waals surface area contributed by atoms with E-state index < -0.39 is 11.4 Å². The SMILES string of the molecule is NCC1(C(=O)N2CCCC(CCC(=O)O)C2)CCOCC1. The maximum absolute atomic E-state index is 12.9. The maximum Gasteiger partial charge on any atom is 0.303 e. The molecule has 2 heterocycles. The second-order valence-corrected chi connectivity index (χ2v) is 6.29. The number of carbonyl (C=O) groups excluding carboxylic acids is 1. The zero-order valence-electron chi connectivity index (χ0n) is 12.6. The normalized spacial score (nSPS) is 25.6. The summed E-state index contributed by atoms with van der Waals surface area (Å²) in [6, 6.07) is 0. The molecular weight excluding hydrogens is 272 g/mol. The van der Waals surface area contributed by atoms with Gasteiger partial charge in [-0.05, 0) is 38.0 Å². The lowest BCUT2D eigenvalue weighted by Crippen LogP contribution is -2.53. The molecule has 21 heavy (non-hydrogen) atoms. The predicted octanol–water partition coefficient (Wildman–Crippen LogP) is 0.845. The van der Waals surface area contributed by atoms with E-state index in [9.17, 15) is 9.59 Å². The fourth-order valence-electron chi connectivity index (χ4n) is 3.42. The second kappa shape index (κ2) is 7.22. The molecule has 2 fully saturated rings. The Morgan fingerprint density at radius 3 is 2.67 bits per heavy atom. The highest BCUT2D eigenvalue weighted by Gasteiger charge is 2.42. The number of piperidine rings is 1. The Morgan fingerprint density at radius 1 is 1.33 bits per heavy atom. The van der Waals surface area contributed by atoms with Crippen LogP contribution in [0.25, 0.3) is 0 Å². The zero-order chi connectivity index (χ0) is 15.3. The summed E-state index contributed by atoms with van der Waals surface area (Å²) in [7, 11) is 0. The van der Waals surface area contributed by atoms with Crippen LogP contribution in [0, 0.1) is 11.3 Å². The molecule has 1 atom stereocenters. The third-order valence-electron chi connectivity index (χ3n) is 4.87. The average Bonchev–Trinajstić information content (AvgIpc) is 2.53. The van der Waals surface area contributed by atoms with Crippen LogP contribution in [0.4, 0.5) is 0 Å². The Morgan fingerprint density at radius 2 is 2.05 bits per heavy atom. The number of ether oxygens (including phenoxy) is 1. The van der Waals surface area contributed by atoms with Gasteiger partial charge in [-0.15, -0.1) is 0 Å². The van der Waals surface area contributed by atoms with E-state index >= 15 is 0 Å². The molecule has 2 aliphatic heterocycles. The first-order valence-corrected chi connectivity index (χ1v) is 7.86. The molecule has 0 aromatic heterocycles. The van der Waals surface area contributed by atoms with Crippen LogP contribution in [-0.2, 0) is 14.3 Å². The van der Waals surface area contributed by atoms with Crippen molar-refractivity contribution in [2.75, 3.05) is 32.8 Å². The van der Waals surface area contributed by atoms with Gasteiger partial charge >= 0.3 is 5.97 Å². The Hall–Kier alpha value is -1.14. The summed E-state index contributed by atoms with van der Waals surface area (Å²) < 4.78 is 5.36. The third kappa shape index (κ3) is 3.95. The number of likely N-dealkylation sites (tertiary alicyclic amines) is 1.